The number of aliphatic imine (C=N–C) groups is 3. The first-order chi connectivity index (χ1) is 28.2. The van der Waals surface area contributed by atoms with Crippen LogP contribution in [-0.4, -0.2) is 35.6 Å². The lowest BCUT2D eigenvalue weighted by molar-refractivity contribution is 0.232. The molecule has 0 fully saturated rings. The number of hydrogen-bond acceptors (Lipinski definition) is 2. The SMILES string of the molecule is C=NC(=NC(=NCC1=CCCC=C1)c1cccc2c1C1=CC=CC(n3c4ccccc4c4cc(-c5ccccc5)ccc43)C1O2)c1ccc(-c2ccccc2)cc1. The highest BCUT2D eigenvalue weighted by Crippen LogP contribution is 2.48. The molecule has 7 aromatic rings. The van der Waals surface area contributed by atoms with Gasteiger partial charge in [-0.05, 0) is 71.7 Å². The topological polar surface area (TPSA) is 51.2 Å². The van der Waals surface area contributed by atoms with E-state index in [0.29, 0.717) is 18.2 Å². The van der Waals surface area contributed by atoms with Gasteiger partial charge in [-0.25, -0.2) is 9.98 Å². The Morgan fingerprint density at radius 1 is 0.684 bits per heavy atom. The van der Waals surface area contributed by atoms with Crippen LogP contribution in [0.3, 0.4) is 0 Å². The fourth-order valence-electron chi connectivity index (χ4n) is 8.48. The van der Waals surface area contributed by atoms with Crippen LogP contribution in [0.2, 0.25) is 0 Å². The second kappa shape index (κ2) is 14.9. The van der Waals surface area contributed by atoms with Gasteiger partial charge in [0.05, 0.1) is 12.6 Å². The molecule has 2 heterocycles. The third-order valence-corrected chi connectivity index (χ3v) is 11.2. The molecule has 0 saturated carbocycles. The van der Waals surface area contributed by atoms with E-state index in [2.05, 4.69) is 186 Å². The Balaban J connectivity index is 1.05. The van der Waals surface area contributed by atoms with Crippen molar-refractivity contribution in [1.82, 2.24) is 4.57 Å². The van der Waals surface area contributed by atoms with E-state index in [0.717, 1.165) is 52.0 Å². The fourth-order valence-corrected chi connectivity index (χ4v) is 8.48. The standard InChI is InChI=1S/C52H40N4O/c1-53-51(39-29-27-38(28-30-39)36-17-7-3-8-18-36)55-52(54-34-35-15-5-2-6-16-35)43-23-14-26-48-49(43)42-22-13-25-47(50(42)57-48)56-45-24-12-11-21-41(45)44-33-40(31-32-46(44)56)37-19-9-4-10-20-37/h3-5,7-33,47,50H,1-2,6,34H2. The summed E-state index contributed by atoms with van der Waals surface area (Å²) in [5.74, 6) is 1.94. The number of amidine groups is 2. The van der Waals surface area contributed by atoms with Gasteiger partial charge in [0.25, 0.3) is 0 Å². The summed E-state index contributed by atoms with van der Waals surface area (Å²) in [4.78, 5) is 14.9. The van der Waals surface area contributed by atoms with Crippen LogP contribution in [-0.2, 0) is 0 Å². The van der Waals surface area contributed by atoms with Crippen LogP contribution < -0.4 is 4.74 Å². The number of fused-ring (bicyclic) bond motifs is 6. The van der Waals surface area contributed by atoms with Crippen LogP contribution in [0.25, 0.3) is 49.6 Å². The van der Waals surface area contributed by atoms with Crippen LogP contribution in [0.4, 0.5) is 0 Å². The van der Waals surface area contributed by atoms with Gasteiger partial charge in [0.1, 0.15) is 11.9 Å². The largest absolute Gasteiger partial charge is 0.483 e. The maximum Gasteiger partial charge on any atom is 0.161 e. The molecule has 1 aromatic heterocycles. The molecule has 2 atom stereocenters. The molecule has 274 valence electrons. The van der Waals surface area contributed by atoms with Crippen molar-refractivity contribution in [3.8, 4) is 28.0 Å². The lowest BCUT2D eigenvalue weighted by atomic mass is 9.90. The first kappa shape index (κ1) is 34.4. The normalized spacial score (nSPS) is 17.5. The molecule has 5 heteroatoms. The van der Waals surface area contributed by atoms with Crippen LogP contribution in [0.15, 0.2) is 203 Å². The highest BCUT2D eigenvalue weighted by molar-refractivity contribution is 6.15. The van der Waals surface area contributed by atoms with Crippen molar-refractivity contribution in [3.05, 3.63) is 204 Å². The summed E-state index contributed by atoms with van der Waals surface area (Å²) in [5.41, 5.74) is 12.1. The van der Waals surface area contributed by atoms with Crippen molar-refractivity contribution in [2.75, 3.05) is 6.54 Å². The van der Waals surface area contributed by atoms with Crippen molar-refractivity contribution in [2.45, 2.75) is 25.0 Å². The smallest absolute Gasteiger partial charge is 0.161 e. The number of allylic oxidation sites excluding steroid dienone is 4. The van der Waals surface area contributed by atoms with Gasteiger partial charge in [0.15, 0.2) is 11.7 Å². The molecule has 0 amide bonds. The summed E-state index contributed by atoms with van der Waals surface area (Å²) in [5, 5.41) is 2.45. The van der Waals surface area contributed by atoms with Crippen molar-refractivity contribution in [2.24, 2.45) is 15.0 Å². The molecular formula is C52H40N4O. The fraction of sp³-hybridized carbons (Fsp3) is 0.0962. The molecule has 1 aliphatic heterocycles. The van der Waals surface area contributed by atoms with Crippen LogP contribution in [0.5, 0.6) is 5.75 Å². The number of aromatic nitrogens is 1. The summed E-state index contributed by atoms with van der Waals surface area (Å²) in [7, 11) is 0. The number of benzene rings is 6. The molecule has 0 N–H and O–H groups in total. The lowest BCUT2D eigenvalue weighted by Gasteiger charge is -2.27. The van der Waals surface area contributed by atoms with Gasteiger partial charge in [-0.3, -0.25) is 4.99 Å². The Bertz CT molecular complexity index is 2850. The van der Waals surface area contributed by atoms with E-state index in [4.69, 9.17) is 14.7 Å². The van der Waals surface area contributed by atoms with Gasteiger partial charge in [-0.1, -0.05) is 158 Å². The number of hydrogen-bond donors (Lipinski definition) is 0. The Labute approximate surface area is 332 Å². The Morgan fingerprint density at radius 2 is 1.40 bits per heavy atom. The van der Waals surface area contributed by atoms with Gasteiger partial charge in [0.2, 0.25) is 0 Å². The second-order valence-corrected chi connectivity index (χ2v) is 14.6. The van der Waals surface area contributed by atoms with Crippen LogP contribution in [0.1, 0.15) is 35.6 Å². The molecular weight excluding hydrogens is 697 g/mol. The molecule has 3 aliphatic rings. The first-order valence-corrected chi connectivity index (χ1v) is 19.6. The van der Waals surface area contributed by atoms with E-state index in [1.54, 1.807) is 0 Å². The summed E-state index contributed by atoms with van der Waals surface area (Å²) in [6.45, 7) is 4.47. The Kier molecular flexibility index (Phi) is 8.96. The molecule has 10 rings (SSSR count). The highest BCUT2D eigenvalue weighted by atomic mass is 16.5. The average Bonchev–Trinajstić information content (AvgIpc) is 3.83. The molecule has 0 radical (unpaired) electrons. The average molecular weight is 737 g/mol. The zero-order valence-corrected chi connectivity index (χ0v) is 31.5. The van der Waals surface area contributed by atoms with Crippen molar-refractivity contribution in [1.29, 1.82) is 0 Å². The summed E-state index contributed by atoms with van der Waals surface area (Å²) < 4.78 is 9.44. The van der Waals surface area contributed by atoms with Crippen molar-refractivity contribution < 1.29 is 4.74 Å². The van der Waals surface area contributed by atoms with Crippen LogP contribution in [0, 0.1) is 0 Å². The summed E-state index contributed by atoms with van der Waals surface area (Å²) in [6, 6.07) is 50.9. The number of ether oxygens (including phenoxy) is 1. The maximum atomic E-state index is 6.99. The quantitative estimate of drug-likeness (QED) is 0.119. The lowest BCUT2D eigenvalue weighted by Crippen LogP contribution is -2.27. The first-order valence-electron chi connectivity index (χ1n) is 19.6. The third kappa shape index (κ3) is 6.37. The summed E-state index contributed by atoms with van der Waals surface area (Å²) >= 11 is 0. The number of rotatable bonds is 7. The predicted octanol–water partition coefficient (Wildman–Crippen LogP) is 12.3. The zero-order valence-electron chi connectivity index (χ0n) is 31.5. The molecule has 0 bridgehead atoms. The van der Waals surface area contributed by atoms with Crippen molar-refractivity contribution >= 4 is 45.8 Å². The van der Waals surface area contributed by atoms with Crippen molar-refractivity contribution in [3.63, 3.8) is 0 Å². The van der Waals surface area contributed by atoms with Gasteiger partial charge in [-0.15, -0.1) is 0 Å². The Morgan fingerprint density at radius 3 is 2.18 bits per heavy atom. The molecule has 5 nitrogen and oxygen atoms in total. The van der Waals surface area contributed by atoms with Gasteiger partial charge >= 0.3 is 0 Å². The van der Waals surface area contributed by atoms with Gasteiger partial charge in [-0.2, -0.15) is 0 Å². The number of nitrogens with zero attached hydrogens (tertiary/aromatic N) is 4. The maximum absolute atomic E-state index is 6.99. The zero-order chi connectivity index (χ0) is 38.1. The molecule has 2 unspecified atom stereocenters. The molecule has 0 spiro atoms. The summed E-state index contributed by atoms with van der Waals surface area (Å²) in [6.07, 6.45) is 15.1. The minimum atomic E-state index is -0.254. The van der Waals surface area contributed by atoms with Gasteiger partial charge < -0.3 is 9.30 Å². The highest BCUT2D eigenvalue weighted by Gasteiger charge is 2.39. The van der Waals surface area contributed by atoms with Crippen LogP contribution >= 0.6 is 0 Å². The molecule has 6 aromatic carbocycles. The van der Waals surface area contributed by atoms with E-state index in [9.17, 15) is 0 Å². The minimum absolute atomic E-state index is 0.0924. The van der Waals surface area contributed by atoms with Gasteiger partial charge in [0, 0.05) is 44.1 Å². The molecule has 2 aliphatic carbocycles. The van der Waals surface area contributed by atoms with E-state index >= 15 is 0 Å². The second-order valence-electron chi connectivity index (χ2n) is 14.6. The number of para-hydroxylation sites is 1. The predicted molar refractivity (Wildman–Crippen MR) is 238 cm³/mol. The van der Waals surface area contributed by atoms with E-state index in [1.807, 2.05) is 12.1 Å². The Hall–Kier alpha value is -7.11. The van der Waals surface area contributed by atoms with E-state index < -0.39 is 0 Å². The molecule has 57 heavy (non-hydrogen) atoms. The molecule has 0 saturated heterocycles. The minimum Gasteiger partial charge on any atom is -0.483 e. The van der Waals surface area contributed by atoms with E-state index in [-0.39, 0.29) is 12.1 Å². The monoisotopic (exact) mass is 736 g/mol. The van der Waals surface area contributed by atoms with E-state index in [1.165, 1.54) is 38.5 Å². The third-order valence-electron chi connectivity index (χ3n) is 11.2.